The number of hydrogen-bond donors (Lipinski definition) is 0. The minimum atomic E-state index is -0.409. The summed E-state index contributed by atoms with van der Waals surface area (Å²) in [6, 6.07) is 18.3. The van der Waals surface area contributed by atoms with E-state index in [1.807, 2.05) is 48.9 Å². The first-order valence-corrected chi connectivity index (χ1v) is 9.41. The minimum absolute atomic E-state index is 0. The summed E-state index contributed by atoms with van der Waals surface area (Å²) < 4.78 is 18.3. The molecule has 0 saturated carbocycles. The first-order chi connectivity index (χ1) is 14.5. The highest BCUT2D eigenvalue weighted by Crippen LogP contribution is 2.23. The second kappa shape index (κ2) is 9.49. The zero-order chi connectivity index (χ0) is 21.1. The van der Waals surface area contributed by atoms with Gasteiger partial charge in [-0.2, -0.15) is 4.98 Å². The number of ether oxygens (including phenoxy) is 3. The largest absolute Gasteiger partial charge is 0.486 e. The summed E-state index contributed by atoms with van der Waals surface area (Å²) in [6.45, 7) is 2.25. The van der Waals surface area contributed by atoms with Crippen LogP contribution in [0, 0.1) is 6.92 Å². The fraction of sp³-hybridized carbons (Fsp3) is 0.174. The number of hydrogen-bond acceptors (Lipinski definition) is 6. The Bertz CT molecular complexity index is 1210. The zero-order valence-electron chi connectivity index (χ0n) is 17.4. The molecule has 0 aliphatic heterocycles. The van der Waals surface area contributed by atoms with Gasteiger partial charge < -0.3 is 18.8 Å². The van der Waals surface area contributed by atoms with Crippen LogP contribution in [-0.4, -0.2) is 27.6 Å². The number of aryl methyl sites for hydroxylation is 2. The summed E-state index contributed by atoms with van der Waals surface area (Å²) in [5.41, 5.74) is 3.04. The maximum atomic E-state index is 11.7. The quantitative estimate of drug-likeness (QED) is 0.399. The predicted octanol–water partition coefficient (Wildman–Crippen LogP) is 4.86. The number of pyridine rings is 1. The van der Waals surface area contributed by atoms with Gasteiger partial charge in [-0.15, -0.1) is 12.4 Å². The van der Waals surface area contributed by atoms with E-state index in [0.717, 1.165) is 11.3 Å². The first kappa shape index (κ1) is 22.1. The van der Waals surface area contributed by atoms with Crippen molar-refractivity contribution in [1.82, 2.24) is 14.5 Å². The maximum absolute atomic E-state index is 11.7. The van der Waals surface area contributed by atoms with Crippen molar-refractivity contribution in [1.29, 1.82) is 0 Å². The van der Waals surface area contributed by atoms with E-state index in [1.165, 1.54) is 12.7 Å². The van der Waals surface area contributed by atoms with Crippen LogP contribution >= 0.6 is 12.4 Å². The molecule has 4 aromatic rings. The number of imidazole rings is 1. The number of esters is 1. The van der Waals surface area contributed by atoms with Crippen molar-refractivity contribution in [2.24, 2.45) is 7.05 Å². The Morgan fingerprint density at radius 1 is 1.00 bits per heavy atom. The van der Waals surface area contributed by atoms with E-state index in [-0.39, 0.29) is 19.0 Å². The number of benzene rings is 2. The van der Waals surface area contributed by atoms with Gasteiger partial charge in [-0.1, -0.05) is 23.8 Å². The monoisotopic (exact) mass is 439 g/mol. The second-order valence-corrected chi connectivity index (χ2v) is 6.80. The summed E-state index contributed by atoms with van der Waals surface area (Å²) in [7, 11) is 3.22. The van der Waals surface area contributed by atoms with E-state index in [9.17, 15) is 4.79 Å². The van der Waals surface area contributed by atoms with Crippen LogP contribution in [0.25, 0.3) is 11.2 Å². The second-order valence-electron chi connectivity index (χ2n) is 6.80. The van der Waals surface area contributed by atoms with Crippen LogP contribution in [0.4, 0.5) is 0 Å². The minimum Gasteiger partial charge on any atom is -0.486 e. The van der Waals surface area contributed by atoms with Crippen molar-refractivity contribution in [3.63, 3.8) is 0 Å². The summed E-state index contributed by atoms with van der Waals surface area (Å²) in [6.07, 6.45) is 0. The molecule has 160 valence electrons. The number of fused-ring (bicyclic) bond motifs is 1. The highest BCUT2D eigenvalue weighted by Gasteiger charge is 2.12. The third-order valence-corrected chi connectivity index (χ3v) is 4.65. The van der Waals surface area contributed by atoms with Crippen molar-refractivity contribution in [2.75, 3.05) is 7.11 Å². The van der Waals surface area contributed by atoms with Gasteiger partial charge in [0.2, 0.25) is 5.88 Å². The van der Waals surface area contributed by atoms with E-state index >= 15 is 0 Å². The molecule has 0 spiro atoms. The molecular formula is C23H22ClN3O4. The van der Waals surface area contributed by atoms with E-state index in [1.54, 1.807) is 30.3 Å². The molecule has 0 saturated heterocycles. The van der Waals surface area contributed by atoms with Gasteiger partial charge in [-0.05, 0) is 43.3 Å². The van der Waals surface area contributed by atoms with Crippen molar-refractivity contribution in [3.8, 4) is 17.4 Å². The summed E-state index contributed by atoms with van der Waals surface area (Å²) in [5, 5.41) is 0. The Balaban J connectivity index is 0.00000272. The number of halogens is 1. The predicted molar refractivity (Wildman–Crippen MR) is 119 cm³/mol. The van der Waals surface area contributed by atoms with E-state index in [4.69, 9.17) is 14.2 Å². The van der Waals surface area contributed by atoms with Crippen LogP contribution in [0.2, 0.25) is 0 Å². The van der Waals surface area contributed by atoms with Gasteiger partial charge in [-0.25, -0.2) is 9.78 Å². The normalized spacial score (nSPS) is 10.4. The number of carbonyl (C=O) groups is 1. The molecular weight excluding hydrogens is 418 g/mol. The van der Waals surface area contributed by atoms with Crippen LogP contribution < -0.4 is 9.47 Å². The van der Waals surface area contributed by atoms with Crippen molar-refractivity contribution < 1.29 is 19.0 Å². The SMILES string of the molecule is COC(=O)c1cccc(OCc2nc3ccc(Oc4ccc(C)cc4)nc3n2C)c1.Cl. The molecule has 0 amide bonds. The highest BCUT2D eigenvalue weighted by molar-refractivity contribution is 5.89. The Morgan fingerprint density at radius 2 is 1.77 bits per heavy atom. The molecule has 8 heteroatoms. The maximum Gasteiger partial charge on any atom is 0.337 e. The fourth-order valence-electron chi connectivity index (χ4n) is 2.99. The van der Waals surface area contributed by atoms with Gasteiger partial charge in [0.15, 0.2) is 5.65 Å². The van der Waals surface area contributed by atoms with Gasteiger partial charge in [0.1, 0.15) is 29.4 Å². The fourth-order valence-corrected chi connectivity index (χ4v) is 2.99. The number of nitrogens with zero attached hydrogens (tertiary/aromatic N) is 3. The molecule has 2 aromatic heterocycles. The van der Waals surface area contributed by atoms with Crippen molar-refractivity contribution in [2.45, 2.75) is 13.5 Å². The van der Waals surface area contributed by atoms with Gasteiger partial charge >= 0.3 is 5.97 Å². The van der Waals surface area contributed by atoms with Gasteiger partial charge in [-0.3, -0.25) is 0 Å². The zero-order valence-corrected chi connectivity index (χ0v) is 18.2. The molecule has 0 bridgehead atoms. The molecule has 0 aliphatic rings. The lowest BCUT2D eigenvalue weighted by Crippen LogP contribution is -2.05. The van der Waals surface area contributed by atoms with Crippen LogP contribution in [0.1, 0.15) is 21.7 Å². The van der Waals surface area contributed by atoms with Crippen LogP contribution in [0.3, 0.4) is 0 Å². The van der Waals surface area contributed by atoms with Gasteiger partial charge in [0.05, 0.1) is 12.7 Å². The average Bonchev–Trinajstić information content (AvgIpc) is 3.08. The Labute approximate surface area is 186 Å². The van der Waals surface area contributed by atoms with E-state index in [0.29, 0.717) is 28.7 Å². The van der Waals surface area contributed by atoms with Crippen LogP contribution in [-0.2, 0) is 18.4 Å². The molecule has 0 unspecified atom stereocenters. The van der Waals surface area contributed by atoms with Gasteiger partial charge in [0, 0.05) is 13.1 Å². The highest BCUT2D eigenvalue weighted by atomic mass is 35.5. The molecule has 2 aromatic carbocycles. The van der Waals surface area contributed by atoms with E-state index in [2.05, 4.69) is 9.97 Å². The number of carbonyl (C=O) groups excluding carboxylic acids is 1. The van der Waals surface area contributed by atoms with Crippen LogP contribution in [0.5, 0.6) is 17.4 Å². The summed E-state index contributed by atoms with van der Waals surface area (Å²) in [5.74, 6) is 2.07. The summed E-state index contributed by atoms with van der Waals surface area (Å²) in [4.78, 5) is 20.8. The first-order valence-electron chi connectivity index (χ1n) is 9.41. The topological polar surface area (TPSA) is 75.5 Å². The third-order valence-electron chi connectivity index (χ3n) is 4.65. The molecule has 4 rings (SSSR count). The van der Waals surface area contributed by atoms with Crippen LogP contribution in [0.15, 0.2) is 60.7 Å². The summed E-state index contributed by atoms with van der Waals surface area (Å²) >= 11 is 0. The molecule has 0 radical (unpaired) electrons. The lowest BCUT2D eigenvalue weighted by Gasteiger charge is -2.08. The molecule has 0 aliphatic carbocycles. The number of rotatable bonds is 6. The lowest BCUT2D eigenvalue weighted by molar-refractivity contribution is 0.0600. The van der Waals surface area contributed by atoms with Crippen molar-refractivity contribution in [3.05, 3.63) is 77.6 Å². The Morgan fingerprint density at radius 3 is 2.52 bits per heavy atom. The van der Waals surface area contributed by atoms with Crippen molar-refractivity contribution >= 4 is 29.5 Å². The van der Waals surface area contributed by atoms with E-state index < -0.39 is 5.97 Å². The lowest BCUT2D eigenvalue weighted by atomic mass is 10.2. The Hall–Kier alpha value is -3.58. The number of aromatic nitrogens is 3. The molecule has 0 atom stereocenters. The Kier molecular flexibility index (Phi) is 6.77. The standard InChI is InChI=1S/C23H21N3O4.ClH/c1-15-7-9-17(10-8-15)30-21-12-11-19-22(25-21)26(2)20(24-19)14-29-18-6-4-5-16(13-18)23(27)28-3;/h4-13H,14H2,1-3H3;1H. The molecule has 31 heavy (non-hydrogen) atoms. The molecule has 2 heterocycles. The van der Waals surface area contributed by atoms with Gasteiger partial charge in [0.25, 0.3) is 0 Å². The smallest absolute Gasteiger partial charge is 0.337 e. The third kappa shape index (κ3) is 4.95. The molecule has 7 nitrogen and oxygen atoms in total. The molecule has 0 N–H and O–H groups in total. The number of methoxy groups -OCH3 is 1. The molecule has 0 fully saturated rings. The average molecular weight is 440 g/mol.